The van der Waals surface area contributed by atoms with E-state index in [1.165, 1.54) is 7.11 Å². The van der Waals surface area contributed by atoms with Crippen LogP contribution in [0, 0.1) is 5.92 Å². The van der Waals surface area contributed by atoms with Crippen molar-refractivity contribution >= 4 is 23.0 Å². The highest BCUT2D eigenvalue weighted by Gasteiger charge is 2.31. The topological polar surface area (TPSA) is 89.3 Å². The first-order valence-corrected chi connectivity index (χ1v) is 8.89. The molecule has 0 aromatic carbocycles. The van der Waals surface area contributed by atoms with E-state index in [-0.39, 0.29) is 18.5 Å². The third-order valence-electron chi connectivity index (χ3n) is 4.58. The van der Waals surface area contributed by atoms with Crippen molar-refractivity contribution in [2.75, 3.05) is 26.7 Å². The molecule has 2 aromatic heterocycles. The van der Waals surface area contributed by atoms with E-state index in [9.17, 15) is 9.59 Å². The molecule has 2 amide bonds. The van der Waals surface area contributed by atoms with Crippen molar-refractivity contribution in [3.63, 3.8) is 0 Å². The molecule has 1 aliphatic heterocycles. The Morgan fingerprint density at radius 1 is 1.42 bits per heavy atom. The van der Waals surface area contributed by atoms with Crippen LogP contribution >= 0.6 is 0 Å². The Balaban J connectivity index is 1.76. The SMILES string of the molecule is COC(=O)CNC(=O)N1CCC(c2nc3ccncc3n2CC(C)C)C1. The largest absolute Gasteiger partial charge is 0.468 e. The second-order valence-corrected chi connectivity index (χ2v) is 7.01. The van der Waals surface area contributed by atoms with E-state index in [1.807, 2.05) is 12.3 Å². The van der Waals surface area contributed by atoms with E-state index >= 15 is 0 Å². The third-order valence-corrected chi connectivity index (χ3v) is 4.58. The van der Waals surface area contributed by atoms with Gasteiger partial charge in [-0.2, -0.15) is 0 Å². The number of hydrogen-bond donors (Lipinski definition) is 1. The molecule has 1 aliphatic rings. The van der Waals surface area contributed by atoms with Crippen molar-refractivity contribution in [1.29, 1.82) is 0 Å². The fourth-order valence-electron chi connectivity index (χ4n) is 3.34. The van der Waals surface area contributed by atoms with E-state index in [1.54, 1.807) is 11.1 Å². The zero-order valence-corrected chi connectivity index (χ0v) is 15.4. The number of fused-ring (bicyclic) bond motifs is 1. The number of ether oxygens (including phenoxy) is 1. The molecule has 3 heterocycles. The fourth-order valence-corrected chi connectivity index (χ4v) is 3.34. The number of likely N-dealkylation sites (tertiary alicyclic amines) is 1. The van der Waals surface area contributed by atoms with Gasteiger partial charge in [-0.05, 0) is 18.4 Å². The molecule has 0 spiro atoms. The molecule has 26 heavy (non-hydrogen) atoms. The number of carbonyl (C=O) groups is 2. The Kier molecular flexibility index (Phi) is 5.39. The molecule has 0 aliphatic carbocycles. The molecule has 1 atom stereocenters. The molecular formula is C18H25N5O3. The lowest BCUT2D eigenvalue weighted by atomic mass is 10.1. The van der Waals surface area contributed by atoms with Crippen LogP contribution in [-0.2, 0) is 16.1 Å². The molecule has 1 fully saturated rings. The van der Waals surface area contributed by atoms with E-state index < -0.39 is 5.97 Å². The molecule has 1 saturated heterocycles. The van der Waals surface area contributed by atoms with E-state index in [2.05, 4.69) is 33.5 Å². The quantitative estimate of drug-likeness (QED) is 0.822. The zero-order valence-electron chi connectivity index (χ0n) is 15.4. The second-order valence-electron chi connectivity index (χ2n) is 7.01. The number of nitrogens with one attached hydrogen (secondary N) is 1. The number of amides is 2. The van der Waals surface area contributed by atoms with Crippen LogP contribution in [0.4, 0.5) is 4.79 Å². The maximum absolute atomic E-state index is 12.2. The van der Waals surface area contributed by atoms with Crippen molar-refractivity contribution < 1.29 is 14.3 Å². The number of pyridine rings is 1. The molecule has 8 nitrogen and oxygen atoms in total. The fraction of sp³-hybridized carbons (Fsp3) is 0.556. The summed E-state index contributed by atoms with van der Waals surface area (Å²) in [6.07, 6.45) is 4.45. The first kappa shape index (κ1) is 18.2. The van der Waals surface area contributed by atoms with Crippen molar-refractivity contribution in [3.05, 3.63) is 24.3 Å². The highest BCUT2D eigenvalue weighted by atomic mass is 16.5. The molecule has 0 bridgehead atoms. The highest BCUT2D eigenvalue weighted by molar-refractivity contribution is 5.81. The number of aromatic nitrogens is 3. The van der Waals surface area contributed by atoms with Crippen LogP contribution in [-0.4, -0.2) is 58.2 Å². The normalized spacial score (nSPS) is 17.1. The van der Waals surface area contributed by atoms with Gasteiger partial charge in [0, 0.05) is 31.7 Å². The van der Waals surface area contributed by atoms with Crippen molar-refractivity contribution in [2.45, 2.75) is 32.7 Å². The van der Waals surface area contributed by atoms with Crippen LogP contribution in [0.5, 0.6) is 0 Å². The van der Waals surface area contributed by atoms with Crippen molar-refractivity contribution in [3.8, 4) is 0 Å². The lowest BCUT2D eigenvalue weighted by Gasteiger charge is -2.18. The number of hydrogen-bond acceptors (Lipinski definition) is 5. The van der Waals surface area contributed by atoms with E-state index in [0.29, 0.717) is 19.0 Å². The maximum Gasteiger partial charge on any atom is 0.325 e. The summed E-state index contributed by atoms with van der Waals surface area (Å²) < 4.78 is 6.78. The van der Waals surface area contributed by atoms with E-state index in [0.717, 1.165) is 29.8 Å². The van der Waals surface area contributed by atoms with Crippen molar-refractivity contribution in [1.82, 2.24) is 24.8 Å². The summed E-state index contributed by atoms with van der Waals surface area (Å²) in [6, 6.07) is 1.68. The monoisotopic (exact) mass is 359 g/mol. The summed E-state index contributed by atoms with van der Waals surface area (Å²) >= 11 is 0. The van der Waals surface area contributed by atoms with Gasteiger partial charge in [-0.3, -0.25) is 9.78 Å². The van der Waals surface area contributed by atoms with Crippen LogP contribution < -0.4 is 5.32 Å². The predicted molar refractivity (Wildman–Crippen MR) is 96.7 cm³/mol. The summed E-state index contributed by atoms with van der Waals surface area (Å²) in [5.41, 5.74) is 1.97. The average Bonchev–Trinajstić information content (AvgIpc) is 3.24. The Hall–Kier alpha value is -2.64. The molecule has 8 heteroatoms. The van der Waals surface area contributed by atoms with Gasteiger partial charge in [0.1, 0.15) is 12.4 Å². The lowest BCUT2D eigenvalue weighted by molar-refractivity contribution is -0.139. The first-order chi connectivity index (χ1) is 12.5. The standard InChI is InChI=1S/C18H25N5O3/c1-12(2)10-23-15-8-19-6-4-14(15)21-17(23)13-5-7-22(11-13)18(25)20-9-16(24)26-3/h4,6,8,12-13H,5,7,9-11H2,1-3H3,(H,20,25). The van der Waals surface area contributed by atoms with Gasteiger partial charge in [-0.1, -0.05) is 13.8 Å². The number of urea groups is 1. The van der Waals surface area contributed by atoms with Crippen LogP contribution in [0.15, 0.2) is 18.5 Å². The summed E-state index contributed by atoms with van der Waals surface area (Å²) in [6.45, 7) is 6.32. The maximum atomic E-state index is 12.2. The summed E-state index contributed by atoms with van der Waals surface area (Å²) in [7, 11) is 1.30. The van der Waals surface area contributed by atoms with Crippen molar-refractivity contribution in [2.24, 2.45) is 5.92 Å². The Labute approximate surface area is 152 Å². The molecule has 140 valence electrons. The van der Waals surface area contributed by atoms with Gasteiger partial charge in [-0.15, -0.1) is 0 Å². The molecule has 3 rings (SSSR count). The predicted octanol–water partition coefficient (Wildman–Crippen LogP) is 1.76. The van der Waals surface area contributed by atoms with Crippen LogP contribution in [0.25, 0.3) is 11.0 Å². The number of carbonyl (C=O) groups excluding carboxylic acids is 2. The third kappa shape index (κ3) is 3.79. The molecule has 0 radical (unpaired) electrons. The summed E-state index contributed by atoms with van der Waals surface area (Å²) in [4.78, 5) is 34.2. The number of imidazole rings is 1. The van der Waals surface area contributed by atoms with Crippen LogP contribution in [0.3, 0.4) is 0 Å². The van der Waals surface area contributed by atoms with Gasteiger partial charge < -0.3 is 19.5 Å². The smallest absolute Gasteiger partial charge is 0.325 e. The number of nitrogens with zero attached hydrogens (tertiary/aromatic N) is 4. The van der Waals surface area contributed by atoms with Gasteiger partial charge in [-0.25, -0.2) is 9.78 Å². The molecule has 0 saturated carbocycles. The van der Waals surface area contributed by atoms with Gasteiger partial charge in [0.2, 0.25) is 0 Å². The number of esters is 1. The molecular weight excluding hydrogens is 334 g/mol. The summed E-state index contributed by atoms with van der Waals surface area (Å²) in [5, 5.41) is 2.60. The number of rotatable bonds is 5. The average molecular weight is 359 g/mol. The Morgan fingerprint density at radius 2 is 2.23 bits per heavy atom. The minimum Gasteiger partial charge on any atom is -0.468 e. The van der Waals surface area contributed by atoms with Gasteiger partial charge in [0.15, 0.2) is 0 Å². The second kappa shape index (κ2) is 7.72. The van der Waals surface area contributed by atoms with Gasteiger partial charge in [0.25, 0.3) is 0 Å². The Bertz CT molecular complexity index is 801. The molecule has 2 aromatic rings. The number of methoxy groups -OCH3 is 1. The highest BCUT2D eigenvalue weighted by Crippen LogP contribution is 2.30. The molecule has 1 unspecified atom stereocenters. The van der Waals surface area contributed by atoms with E-state index in [4.69, 9.17) is 4.98 Å². The zero-order chi connectivity index (χ0) is 18.7. The summed E-state index contributed by atoms with van der Waals surface area (Å²) in [5.74, 6) is 1.20. The Morgan fingerprint density at radius 3 is 2.96 bits per heavy atom. The lowest BCUT2D eigenvalue weighted by Crippen LogP contribution is -2.41. The van der Waals surface area contributed by atoms with Crippen LogP contribution in [0.1, 0.15) is 32.0 Å². The van der Waals surface area contributed by atoms with Gasteiger partial charge >= 0.3 is 12.0 Å². The molecule has 1 N–H and O–H groups in total. The minimum atomic E-state index is -0.458. The van der Waals surface area contributed by atoms with Gasteiger partial charge in [0.05, 0.1) is 24.3 Å². The minimum absolute atomic E-state index is 0.117. The van der Waals surface area contributed by atoms with Crippen LogP contribution in [0.2, 0.25) is 0 Å². The first-order valence-electron chi connectivity index (χ1n) is 8.89.